The smallest absolute Gasteiger partial charge is 0.339 e. The molecule has 0 bridgehead atoms. The Labute approximate surface area is 196 Å². The highest BCUT2D eigenvalue weighted by molar-refractivity contribution is 5.96. The zero-order valence-corrected chi connectivity index (χ0v) is 20.2. The van der Waals surface area contributed by atoms with Crippen molar-refractivity contribution in [3.05, 3.63) is 46.9 Å². The van der Waals surface area contributed by atoms with Crippen molar-refractivity contribution in [1.82, 2.24) is 14.5 Å². The highest BCUT2D eigenvalue weighted by Crippen LogP contribution is 2.32. The van der Waals surface area contributed by atoms with Crippen LogP contribution in [0.15, 0.2) is 24.4 Å². The third-order valence-corrected chi connectivity index (χ3v) is 7.02. The highest BCUT2D eigenvalue weighted by atomic mass is 16.5. The van der Waals surface area contributed by atoms with Gasteiger partial charge in [0.05, 0.1) is 17.7 Å². The second kappa shape index (κ2) is 10.4. The van der Waals surface area contributed by atoms with E-state index in [9.17, 15) is 9.59 Å². The summed E-state index contributed by atoms with van der Waals surface area (Å²) in [6.45, 7) is 9.32. The van der Waals surface area contributed by atoms with Gasteiger partial charge in [-0.05, 0) is 58.2 Å². The van der Waals surface area contributed by atoms with E-state index in [-0.39, 0.29) is 11.9 Å². The fourth-order valence-electron chi connectivity index (χ4n) is 5.32. The molecule has 4 rings (SSSR count). The number of nitrogens with zero attached hydrogens (tertiary/aromatic N) is 4. The number of ether oxygens (including phenoxy) is 1. The van der Waals surface area contributed by atoms with E-state index in [1.54, 1.807) is 19.2 Å². The molecule has 1 saturated carbocycles. The fraction of sp³-hybridized carbons (Fsp3) is 0.577. The van der Waals surface area contributed by atoms with Crippen LogP contribution in [0.25, 0.3) is 0 Å². The third-order valence-electron chi connectivity index (χ3n) is 7.02. The van der Waals surface area contributed by atoms with Crippen molar-refractivity contribution in [1.29, 1.82) is 0 Å². The van der Waals surface area contributed by atoms with Gasteiger partial charge in [-0.1, -0.05) is 19.3 Å². The molecule has 7 heteroatoms. The van der Waals surface area contributed by atoms with E-state index in [4.69, 9.17) is 4.74 Å². The summed E-state index contributed by atoms with van der Waals surface area (Å²) in [6.07, 6.45) is 8.76. The summed E-state index contributed by atoms with van der Waals surface area (Å²) in [5.41, 5.74) is 3.62. The van der Waals surface area contributed by atoms with Gasteiger partial charge < -0.3 is 19.1 Å². The molecule has 2 aliphatic rings. The SMILES string of the molecule is CCOC(=O)c1ccc(N2CCCN(C(=O)c3cc(C)n(C4CCCCC4)c3C)CC2)nc1. The van der Waals surface area contributed by atoms with Crippen LogP contribution < -0.4 is 4.90 Å². The van der Waals surface area contributed by atoms with Crippen molar-refractivity contribution in [3.63, 3.8) is 0 Å². The van der Waals surface area contributed by atoms with Crippen LogP contribution in [0.3, 0.4) is 0 Å². The Hall–Kier alpha value is -2.83. The zero-order chi connectivity index (χ0) is 23.4. The number of hydrogen-bond acceptors (Lipinski definition) is 5. The van der Waals surface area contributed by atoms with Crippen molar-refractivity contribution in [2.45, 2.75) is 65.3 Å². The molecule has 1 saturated heterocycles. The second-order valence-corrected chi connectivity index (χ2v) is 9.20. The van der Waals surface area contributed by atoms with Crippen molar-refractivity contribution in [3.8, 4) is 0 Å². The maximum Gasteiger partial charge on any atom is 0.339 e. The number of carbonyl (C=O) groups is 2. The first-order valence-corrected chi connectivity index (χ1v) is 12.4. The van der Waals surface area contributed by atoms with Crippen LogP contribution in [0.4, 0.5) is 5.82 Å². The molecular weight excluding hydrogens is 416 g/mol. The molecule has 1 aliphatic carbocycles. The number of esters is 1. The van der Waals surface area contributed by atoms with Crippen LogP contribution in [0, 0.1) is 13.8 Å². The molecule has 1 amide bonds. The predicted octanol–water partition coefficient (Wildman–Crippen LogP) is 4.53. The molecule has 0 atom stereocenters. The molecule has 0 spiro atoms. The minimum absolute atomic E-state index is 0.137. The molecule has 0 aromatic carbocycles. The molecule has 0 N–H and O–H groups in total. The average Bonchev–Trinajstić information content (AvgIpc) is 2.99. The summed E-state index contributed by atoms with van der Waals surface area (Å²) in [6, 6.07) is 6.24. The van der Waals surface area contributed by atoms with E-state index >= 15 is 0 Å². The van der Waals surface area contributed by atoms with Gasteiger partial charge in [-0.3, -0.25) is 4.79 Å². The molecule has 178 valence electrons. The van der Waals surface area contributed by atoms with Crippen molar-refractivity contribution in [2.24, 2.45) is 0 Å². The lowest BCUT2D eigenvalue weighted by atomic mass is 9.95. The summed E-state index contributed by atoms with van der Waals surface area (Å²) < 4.78 is 7.44. The lowest BCUT2D eigenvalue weighted by Crippen LogP contribution is -2.35. The largest absolute Gasteiger partial charge is 0.462 e. The Balaban J connectivity index is 1.43. The van der Waals surface area contributed by atoms with Crippen LogP contribution in [0.2, 0.25) is 0 Å². The van der Waals surface area contributed by atoms with Gasteiger partial charge in [-0.15, -0.1) is 0 Å². The van der Waals surface area contributed by atoms with Gasteiger partial charge in [-0.2, -0.15) is 0 Å². The van der Waals surface area contributed by atoms with Crippen LogP contribution in [-0.2, 0) is 4.74 Å². The Kier molecular flexibility index (Phi) is 7.36. The molecular formula is C26H36N4O3. The first-order chi connectivity index (χ1) is 16.0. The van der Waals surface area contributed by atoms with Crippen LogP contribution in [-0.4, -0.2) is 59.1 Å². The standard InChI is InChI=1S/C26H36N4O3/c1-4-33-26(32)21-11-12-24(27-18-21)28-13-8-14-29(16-15-28)25(31)23-17-19(2)30(20(23)3)22-9-6-5-7-10-22/h11-12,17-18,22H,4-10,13-16H2,1-3H3. The quantitative estimate of drug-likeness (QED) is 0.624. The van der Waals surface area contributed by atoms with Gasteiger partial charge in [-0.25, -0.2) is 9.78 Å². The molecule has 7 nitrogen and oxygen atoms in total. The lowest BCUT2D eigenvalue weighted by Gasteiger charge is -2.27. The zero-order valence-electron chi connectivity index (χ0n) is 20.2. The Morgan fingerprint density at radius 2 is 1.82 bits per heavy atom. The van der Waals surface area contributed by atoms with Gasteiger partial charge in [0.1, 0.15) is 5.82 Å². The van der Waals surface area contributed by atoms with Crippen molar-refractivity contribution >= 4 is 17.7 Å². The number of carbonyl (C=O) groups excluding carboxylic acids is 2. The van der Waals surface area contributed by atoms with Gasteiger partial charge in [0.25, 0.3) is 5.91 Å². The lowest BCUT2D eigenvalue weighted by molar-refractivity contribution is 0.0525. The van der Waals surface area contributed by atoms with Crippen molar-refractivity contribution in [2.75, 3.05) is 37.7 Å². The van der Waals surface area contributed by atoms with Gasteiger partial charge in [0.2, 0.25) is 0 Å². The molecule has 33 heavy (non-hydrogen) atoms. The molecule has 2 aromatic heterocycles. The van der Waals surface area contributed by atoms with E-state index in [1.165, 1.54) is 37.8 Å². The molecule has 2 aromatic rings. The number of rotatable bonds is 5. The molecule has 0 radical (unpaired) electrons. The first-order valence-electron chi connectivity index (χ1n) is 12.4. The number of aryl methyl sites for hydroxylation is 1. The van der Waals surface area contributed by atoms with Crippen LogP contribution in [0.1, 0.15) is 83.6 Å². The summed E-state index contributed by atoms with van der Waals surface area (Å²) in [5, 5.41) is 0. The topological polar surface area (TPSA) is 67.7 Å². The van der Waals surface area contributed by atoms with Gasteiger partial charge in [0, 0.05) is 49.8 Å². The number of anilines is 1. The molecule has 1 aliphatic heterocycles. The Morgan fingerprint density at radius 3 is 2.52 bits per heavy atom. The minimum atomic E-state index is -0.352. The minimum Gasteiger partial charge on any atom is -0.462 e. The summed E-state index contributed by atoms with van der Waals surface area (Å²) in [5.74, 6) is 0.612. The average molecular weight is 453 g/mol. The normalized spacial score (nSPS) is 17.7. The number of aromatic nitrogens is 2. The fourth-order valence-corrected chi connectivity index (χ4v) is 5.32. The molecule has 2 fully saturated rings. The first kappa shape index (κ1) is 23.3. The monoisotopic (exact) mass is 452 g/mol. The number of hydrogen-bond donors (Lipinski definition) is 0. The highest BCUT2D eigenvalue weighted by Gasteiger charge is 2.27. The van der Waals surface area contributed by atoms with Crippen LogP contribution >= 0.6 is 0 Å². The predicted molar refractivity (Wildman–Crippen MR) is 129 cm³/mol. The maximum absolute atomic E-state index is 13.5. The van der Waals surface area contributed by atoms with Crippen molar-refractivity contribution < 1.29 is 14.3 Å². The second-order valence-electron chi connectivity index (χ2n) is 9.20. The van der Waals surface area contributed by atoms with Gasteiger partial charge in [0.15, 0.2) is 0 Å². The van der Waals surface area contributed by atoms with E-state index in [0.717, 1.165) is 43.1 Å². The van der Waals surface area contributed by atoms with E-state index in [2.05, 4.69) is 34.4 Å². The number of pyridine rings is 1. The van der Waals surface area contributed by atoms with Gasteiger partial charge >= 0.3 is 5.97 Å². The third kappa shape index (κ3) is 5.07. The van der Waals surface area contributed by atoms with E-state index in [0.29, 0.717) is 24.8 Å². The Bertz CT molecular complexity index is 976. The summed E-state index contributed by atoms with van der Waals surface area (Å²) >= 11 is 0. The van der Waals surface area contributed by atoms with Crippen LogP contribution in [0.5, 0.6) is 0 Å². The molecule has 0 unspecified atom stereocenters. The number of amides is 1. The van der Waals surface area contributed by atoms with E-state index < -0.39 is 0 Å². The van der Waals surface area contributed by atoms with E-state index in [1.807, 2.05) is 11.0 Å². The maximum atomic E-state index is 13.5. The summed E-state index contributed by atoms with van der Waals surface area (Å²) in [4.78, 5) is 34.0. The Morgan fingerprint density at radius 1 is 1.03 bits per heavy atom. The summed E-state index contributed by atoms with van der Waals surface area (Å²) in [7, 11) is 0. The molecule has 3 heterocycles.